The SMILES string of the molecule is C=CN1CCN(CCCC)C1C1CCCCCCC1. The van der Waals surface area contributed by atoms with Crippen molar-refractivity contribution in [2.75, 3.05) is 19.6 Å². The molecule has 0 amide bonds. The molecule has 1 aliphatic heterocycles. The summed E-state index contributed by atoms with van der Waals surface area (Å²) in [6.07, 6.45) is 15.5. The highest BCUT2D eigenvalue weighted by Gasteiger charge is 2.35. The summed E-state index contributed by atoms with van der Waals surface area (Å²) in [6, 6.07) is 0. The Hall–Kier alpha value is -0.500. The van der Waals surface area contributed by atoms with E-state index in [4.69, 9.17) is 0 Å². The zero-order valence-corrected chi connectivity index (χ0v) is 12.8. The second-order valence-corrected chi connectivity index (χ2v) is 6.33. The van der Waals surface area contributed by atoms with Gasteiger partial charge in [0, 0.05) is 19.6 Å². The molecular formula is C17H32N2. The molecule has 1 heterocycles. The summed E-state index contributed by atoms with van der Waals surface area (Å²) < 4.78 is 0. The van der Waals surface area contributed by atoms with Crippen molar-refractivity contribution < 1.29 is 0 Å². The average Bonchev–Trinajstić information content (AvgIpc) is 2.79. The summed E-state index contributed by atoms with van der Waals surface area (Å²) in [5.41, 5.74) is 0. The monoisotopic (exact) mass is 264 g/mol. The van der Waals surface area contributed by atoms with Crippen LogP contribution in [-0.4, -0.2) is 35.6 Å². The lowest BCUT2D eigenvalue weighted by molar-refractivity contribution is 0.0911. The van der Waals surface area contributed by atoms with Crippen molar-refractivity contribution in [1.29, 1.82) is 0 Å². The minimum absolute atomic E-state index is 0.655. The van der Waals surface area contributed by atoms with Crippen LogP contribution in [0.4, 0.5) is 0 Å². The number of nitrogens with zero attached hydrogens (tertiary/aromatic N) is 2. The molecule has 1 unspecified atom stereocenters. The van der Waals surface area contributed by atoms with E-state index in [0.717, 1.165) is 5.92 Å². The van der Waals surface area contributed by atoms with Gasteiger partial charge in [-0.3, -0.25) is 4.90 Å². The Kier molecular flexibility index (Phi) is 6.22. The molecule has 1 atom stereocenters. The Morgan fingerprint density at radius 1 is 1.05 bits per heavy atom. The van der Waals surface area contributed by atoms with Gasteiger partial charge in [-0.25, -0.2) is 0 Å². The van der Waals surface area contributed by atoms with Gasteiger partial charge in [-0.05, 0) is 31.4 Å². The van der Waals surface area contributed by atoms with Gasteiger partial charge in [0.15, 0.2) is 0 Å². The summed E-state index contributed by atoms with van der Waals surface area (Å²) >= 11 is 0. The fourth-order valence-corrected chi connectivity index (χ4v) is 3.88. The van der Waals surface area contributed by atoms with Crippen molar-refractivity contribution in [3.05, 3.63) is 12.8 Å². The lowest BCUT2D eigenvalue weighted by Crippen LogP contribution is -2.43. The molecule has 1 aliphatic carbocycles. The third-order valence-electron chi connectivity index (χ3n) is 4.96. The molecule has 0 spiro atoms. The van der Waals surface area contributed by atoms with Crippen LogP contribution in [0.25, 0.3) is 0 Å². The molecule has 0 aromatic carbocycles. The predicted octanol–water partition coefficient (Wildman–Crippen LogP) is 4.23. The largest absolute Gasteiger partial charge is 0.361 e. The van der Waals surface area contributed by atoms with Crippen LogP contribution < -0.4 is 0 Å². The third-order valence-corrected chi connectivity index (χ3v) is 4.96. The predicted molar refractivity (Wildman–Crippen MR) is 83.0 cm³/mol. The average molecular weight is 264 g/mol. The highest BCUT2D eigenvalue weighted by molar-refractivity contribution is 4.91. The molecule has 2 nitrogen and oxygen atoms in total. The Morgan fingerprint density at radius 3 is 2.37 bits per heavy atom. The first-order valence-electron chi connectivity index (χ1n) is 8.49. The maximum absolute atomic E-state index is 4.04. The van der Waals surface area contributed by atoms with E-state index in [-0.39, 0.29) is 0 Å². The smallest absolute Gasteiger partial charge is 0.0844 e. The molecule has 2 heteroatoms. The normalized spacial score (nSPS) is 27.2. The molecule has 0 bridgehead atoms. The molecule has 0 aromatic rings. The minimum atomic E-state index is 0.655. The van der Waals surface area contributed by atoms with Crippen LogP contribution in [0.2, 0.25) is 0 Å². The van der Waals surface area contributed by atoms with Gasteiger partial charge in [0.1, 0.15) is 0 Å². The van der Waals surface area contributed by atoms with Gasteiger partial charge >= 0.3 is 0 Å². The van der Waals surface area contributed by atoms with Crippen molar-refractivity contribution in [3.8, 4) is 0 Å². The van der Waals surface area contributed by atoms with Crippen molar-refractivity contribution in [2.45, 2.75) is 70.9 Å². The summed E-state index contributed by atoms with van der Waals surface area (Å²) in [7, 11) is 0. The van der Waals surface area contributed by atoms with Crippen LogP contribution in [0.3, 0.4) is 0 Å². The summed E-state index contributed by atoms with van der Waals surface area (Å²) in [6.45, 7) is 10.1. The summed E-state index contributed by atoms with van der Waals surface area (Å²) in [5.74, 6) is 0.873. The Bertz CT molecular complexity index is 256. The maximum atomic E-state index is 4.04. The fraction of sp³-hybridized carbons (Fsp3) is 0.882. The van der Waals surface area contributed by atoms with Gasteiger partial charge in [0.05, 0.1) is 6.17 Å². The highest BCUT2D eigenvalue weighted by atomic mass is 15.4. The maximum Gasteiger partial charge on any atom is 0.0844 e. The Labute approximate surface area is 119 Å². The second kappa shape index (κ2) is 7.94. The van der Waals surface area contributed by atoms with E-state index in [1.807, 2.05) is 0 Å². The first-order valence-corrected chi connectivity index (χ1v) is 8.49. The molecule has 1 saturated carbocycles. The van der Waals surface area contributed by atoms with Crippen molar-refractivity contribution in [1.82, 2.24) is 9.80 Å². The number of unbranched alkanes of at least 4 members (excludes halogenated alkanes) is 1. The molecule has 2 aliphatic rings. The molecule has 0 aromatic heterocycles. The van der Waals surface area contributed by atoms with Crippen LogP contribution in [0.5, 0.6) is 0 Å². The zero-order valence-electron chi connectivity index (χ0n) is 12.8. The first-order chi connectivity index (χ1) is 9.36. The molecule has 0 N–H and O–H groups in total. The van der Waals surface area contributed by atoms with Gasteiger partial charge in [-0.1, -0.05) is 52.0 Å². The van der Waals surface area contributed by atoms with Gasteiger partial charge in [0.25, 0.3) is 0 Å². The molecule has 2 rings (SSSR count). The third kappa shape index (κ3) is 3.98. The number of hydrogen-bond donors (Lipinski definition) is 0. The molecule has 1 saturated heterocycles. The van der Waals surface area contributed by atoms with Crippen LogP contribution in [0, 0.1) is 5.92 Å². The van der Waals surface area contributed by atoms with Crippen LogP contribution in [0.15, 0.2) is 12.8 Å². The van der Waals surface area contributed by atoms with Crippen molar-refractivity contribution >= 4 is 0 Å². The topological polar surface area (TPSA) is 6.48 Å². The quantitative estimate of drug-likeness (QED) is 0.733. The Balaban J connectivity index is 1.99. The van der Waals surface area contributed by atoms with Crippen LogP contribution in [-0.2, 0) is 0 Å². The fourth-order valence-electron chi connectivity index (χ4n) is 3.88. The van der Waals surface area contributed by atoms with E-state index in [1.54, 1.807) is 0 Å². The van der Waals surface area contributed by atoms with E-state index in [2.05, 4.69) is 29.5 Å². The molecule has 19 heavy (non-hydrogen) atoms. The highest BCUT2D eigenvalue weighted by Crippen LogP contribution is 2.32. The number of hydrogen-bond acceptors (Lipinski definition) is 2. The number of rotatable bonds is 5. The van der Waals surface area contributed by atoms with Crippen LogP contribution in [0.1, 0.15) is 64.7 Å². The van der Waals surface area contributed by atoms with Gasteiger partial charge < -0.3 is 4.90 Å². The van der Waals surface area contributed by atoms with Gasteiger partial charge in [0.2, 0.25) is 0 Å². The van der Waals surface area contributed by atoms with E-state index < -0.39 is 0 Å². The molecule has 110 valence electrons. The van der Waals surface area contributed by atoms with Crippen molar-refractivity contribution in [3.63, 3.8) is 0 Å². The van der Waals surface area contributed by atoms with E-state index in [0.29, 0.717) is 6.17 Å². The first kappa shape index (κ1) is 14.9. The summed E-state index contributed by atoms with van der Waals surface area (Å²) in [4.78, 5) is 5.25. The van der Waals surface area contributed by atoms with E-state index in [1.165, 1.54) is 77.4 Å². The van der Waals surface area contributed by atoms with E-state index in [9.17, 15) is 0 Å². The second-order valence-electron chi connectivity index (χ2n) is 6.33. The van der Waals surface area contributed by atoms with Crippen LogP contribution >= 0.6 is 0 Å². The van der Waals surface area contributed by atoms with Crippen molar-refractivity contribution in [2.24, 2.45) is 5.92 Å². The molecule has 0 radical (unpaired) electrons. The lowest BCUT2D eigenvalue weighted by Gasteiger charge is -2.37. The minimum Gasteiger partial charge on any atom is -0.361 e. The summed E-state index contributed by atoms with van der Waals surface area (Å²) in [5, 5.41) is 0. The molecule has 2 fully saturated rings. The van der Waals surface area contributed by atoms with E-state index >= 15 is 0 Å². The molecular weight excluding hydrogens is 232 g/mol. The zero-order chi connectivity index (χ0) is 13.5. The van der Waals surface area contributed by atoms with Gasteiger partial charge in [-0.2, -0.15) is 0 Å². The standard InChI is InChI=1S/C17H32N2/c1-3-5-13-19-15-14-18(4-2)17(19)16-11-9-7-6-8-10-12-16/h4,16-17H,2-3,5-15H2,1H3. The Morgan fingerprint density at radius 2 is 1.74 bits per heavy atom. The van der Waals surface area contributed by atoms with Gasteiger partial charge in [-0.15, -0.1) is 0 Å². The lowest BCUT2D eigenvalue weighted by atomic mass is 9.88.